The maximum atomic E-state index is 12.9. The Morgan fingerprint density at radius 3 is 2.55 bits per heavy atom. The largest absolute Gasteiger partial charge is 0.455 e. The minimum atomic E-state index is -0.313. The molecule has 0 aliphatic carbocycles. The van der Waals surface area contributed by atoms with Crippen molar-refractivity contribution in [2.45, 2.75) is 0 Å². The normalized spacial score (nSPS) is 11.4. The molecule has 5 rings (SSSR count). The number of nitrogens with one attached hydrogen (secondary N) is 2. The van der Waals surface area contributed by atoms with Crippen molar-refractivity contribution < 1.29 is 9.21 Å². The van der Waals surface area contributed by atoms with E-state index in [4.69, 9.17) is 4.42 Å². The van der Waals surface area contributed by atoms with Crippen molar-refractivity contribution >= 4 is 34.0 Å². The minimum absolute atomic E-state index is 0.313. The van der Waals surface area contributed by atoms with E-state index in [9.17, 15) is 4.79 Å². The third kappa shape index (κ3) is 3.19. The molecular formula is C24H17N3O2. The third-order valence-corrected chi connectivity index (χ3v) is 4.80. The number of hydrogen-bond acceptors (Lipinski definition) is 3. The molecule has 140 valence electrons. The summed E-state index contributed by atoms with van der Waals surface area (Å²) < 4.78 is 5.69. The molecule has 0 saturated heterocycles. The Kier molecular flexibility index (Phi) is 4.18. The summed E-state index contributed by atoms with van der Waals surface area (Å²) in [6.45, 7) is 0. The molecule has 5 heteroatoms. The molecule has 2 heterocycles. The maximum Gasteiger partial charge on any atom is 0.288 e. The Balaban J connectivity index is 1.46. The summed E-state index contributed by atoms with van der Waals surface area (Å²) in [6, 6.07) is 27.3. The van der Waals surface area contributed by atoms with Crippen molar-refractivity contribution in [1.29, 1.82) is 0 Å². The number of hydrazone groups is 1. The molecule has 0 atom stereocenters. The summed E-state index contributed by atoms with van der Waals surface area (Å²) in [6.07, 6.45) is 1.50. The number of carbonyl (C=O) groups excluding carboxylic acids is 1. The van der Waals surface area contributed by atoms with E-state index in [-0.39, 0.29) is 5.91 Å². The van der Waals surface area contributed by atoms with Crippen molar-refractivity contribution in [1.82, 2.24) is 10.4 Å². The zero-order chi connectivity index (χ0) is 19.6. The molecule has 0 saturated carbocycles. The zero-order valence-corrected chi connectivity index (χ0v) is 15.4. The fourth-order valence-electron chi connectivity index (χ4n) is 3.49. The van der Waals surface area contributed by atoms with Crippen molar-refractivity contribution in [3.8, 4) is 11.1 Å². The lowest BCUT2D eigenvalue weighted by Crippen LogP contribution is -2.18. The SMILES string of the molecule is O=C(N/N=C\c1cc2ccccc2o1)c1[nH]c2ccccc2c1-c1ccccc1. The van der Waals surface area contributed by atoms with Crippen LogP contribution in [-0.4, -0.2) is 17.1 Å². The van der Waals surface area contributed by atoms with Gasteiger partial charge in [-0.2, -0.15) is 5.10 Å². The van der Waals surface area contributed by atoms with Gasteiger partial charge in [0.2, 0.25) is 0 Å². The number of carbonyl (C=O) groups is 1. The van der Waals surface area contributed by atoms with Crippen LogP contribution in [-0.2, 0) is 0 Å². The number of amides is 1. The van der Waals surface area contributed by atoms with Crippen LogP contribution >= 0.6 is 0 Å². The standard InChI is InChI=1S/C24H17N3O2/c28-24(27-25-15-18-14-17-10-4-7-13-21(17)29-18)23-22(16-8-2-1-3-9-16)19-11-5-6-12-20(19)26-23/h1-15,26H,(H,27,28)/b25-15-. The summed E-state index contributed by atoms with van der Waals surface area (Å²) in [5.74, 6) is 0.263. The first-order chi connectivity index (χ1) is 14.3. The second-order valence-electron chi connectivity index (χ2n) is 6.67. The first-order valence-electron chi connectivity index (χ1n) is 9.28. The monoisotopic (exact) mass is 379 g/mol. The van der Waals surface area contributed by atoms with Gasteiger partial charge in [0.25, 0.3) is 5.91 Å². The van der Waals surface area contributed by atoms with Crippen LogP contribution in [0.4, 0.5) is 0 Å². The van der Waals surface area contributed by atoms with Crippen molar-refractivity contribution in [2.75, 3.05) is 0 Å². The predicted octanol–water partition coefficient (Wildman–Crippen LogP) is 5.35. The lowest BCUT2D eigenvalue weighted by atomic mass is 10.0. The first kappa shape index (κ1) is 17.0. The van der Waals surface area contributed by atoms with Crippen molar-refractivity contribution in [3.05, 3.63) is 96.4 Å². The van der Waals surface area contributed by atoms with Gasteiger partial charge in [0.05, 0.1) is 6.21 Å². The molecule has 0 unspecified atom stereocenters. The summed E-state index contributed by atoms with van der Waals surface area (Å²) in [5.41, 5.74) is 6.58. The highest BCUT2D eigenvalue weighted by Crippen LogP contribution is 2.32. The van der Waals surface area contributed by atoms with Gasteiger partial charge in [0.15, 0.2) is 0 Å². The van der Waals surface area contributed by atoms with Crippen LogP contribution in [0.15, 0.2) is 94.4 Å². The summed E-state index contributed by atoms with van der Waals surface area (Å²) in [7, 11) is 0. The number of hydrogen-bond donors (Lipinski definition) is 2. The minimum Gasteiger partial charge on any atom is -0.455 e. The fraction of sp³-hybridized carbons (Fsp3) is 0. The Hall–Kier alpha value is -4.12. The van der Waals surface area contributed by atoms with E-state index in [1.54, 1.807) is 0 Å². The van der Waals surface area contributed by atoms with E-state index in [1.807, 2.05) is 84.9 Å². The van der Waals surface area contributed by atoms with Crippen LogP contribution in [0.5, 0.6) is 0 Å². The van der Waals surface area contributed by atoms with Gasteiger partial charge in [0.1, 0.15) is 17.0 Å². The Morgan fingerprint density at radius 1 is 0.931 bits per heavy atom. The second-order valence-corrected chi connectivity index (χ2v) is 6.67. The average Bonchev–Trinajstić information content (AvgIpc) is 3.35. The topological polar surface area (TPSA) is 70.4 Å². The van der Waals surface area contributed by atoms with E-state index in [0.717, 1.165) is 33.0 Å². The Morgan fingerprint density at radius 2 is 1.69 bits per heavy atom. The molecule has 2 aromatic heterocycles. The third-order valence-electron chi connectivity index (χ3n) is 4.80. The van der Waals surface area contributed by atoms with Crippen LogP contribution in [0.2, 0.25) is 0 Å². The number of aromatic amines is 1. The Bertz CT molecular complexity index is 1310. The number of para-hydroxylation sites is 2. The number of aromatic nitrogens is 1. The summed E-state index contributed by atoms with van der Waals surface area (Å²) in [5, 5.41) is 6.06. The number of H-pyrrole nitrogens is 1. The number of fused-ring (bicyclic) bond motifs is 2. The van der Waals surface area contributed by atoms with Crippen molar-refractivity contribution in [2.24, 2.45) is 5.10 Å². The average molecular weight is 379 g/mol. The van der Waals surface area contributed by atoms with Crippen LogP contribution in [0, 0.1) is 0 Å². The molecule has 0 aliphatic heterocycles. The van der Waals surface area contributed by atoms with Crippen LogP contribution in [0.1, 0.15) is 16.2 Å². The summed E-state index contributed by atoms with van der Waals surface area (Å²) >= 11 is 0. The van der Waals surface area contributed by atoms with Gasteiger partial charge >= 0.3 is 0 Å². The number of furan rings is 1. The zero-order valence-electron chi connectivity index (χ0n) is 15.4. The lowest BCUT2D eigenvalue weighted by Gasteiger charge is -2.04. The van der Waals surface area contributed by atoms with Gasteiger partial charge in [0, 0.05) is 21.9 Å². The molecule has 0 aliphatic rings. The van der Waals surface area contributed by atoms with E-state index in [0.29, 0.717) is 11.5 Å². The first-order valence-corrected chi connectivity index (χ1v) is 9.28. The molecule has 0 fully saturated rings. The second kappa shape index (κ2) is 7.13. The smallest absolute Gasteiger partial charge is 0.288 e. The quantitative estimate of drug-likeness (QED) is 0.327. The molecule has 0 bridgehead atoms. The molecule has 1 amide bonds. The van der Waals surface area contributed by atoms with Crippen molar-refractivity contribution in [3.63, 3.8) is 0 Å². The lowest BCUT2D eigenvalue weighted by molar-refractivity contribution is 0.0951. The van der Waals surface area contributed by atoms with Gasteiger partial charge in [-0.1, -0.05) is 66.7 Å². The van der Waals surface area contributed by atoms with Crippen LogP contribution in [0.3, 0.4) is 0 Å². The molecule has 2 N–H and O–H groups in total. The predicted molar refractivity (Wildman–Crippen MR) is 115 cm³/mol. The molecule has 3 aromatic carbocycles. The van der Waals surface area contributed by atoms with E-state index in [1.165, 1.54) is 6.21 Å². The van der Waals surface area contributed by atoms with Gasteiger partial charge < -0.3 is 9.40 Å². The molecule has 0 spiro atoms. The molecule has 29 heavy (non-hydrogen) atoms. The molecule has 0 radical (unpaired) electrons. The van der Waals surface area contributed by atoms with Crippen LogP contribution < -0.4 is 5.43 Å². The fourth-order valence-corrected chi connectivity index (χ4v) is 3.49. The molecular weight excluding hydrogens is 362 g/mol. The maximum absolute atomic E-state index is 12.9. The van der Waals surface area contributed by atoms with Gasteiger partial charge in [-0.3, -0.25) is 4.79 Å². The van der Waals surface area contributed by atoms with E-state index >= 15 is 0 Å². The van der Waals surface area contributed by atoms with Gasteiger partial charge in [-0.25, -0.2) is 5.43 Å². The van der Waals surface area contributed by atoms with E-state index < -0.39 is 0 Å². The highest BCUT2D eigenvalue weighted by atomic mass is 16.3. The van der Waals surface area contributed by atoms with E-state index in [2.05, 4.69) is 15.5 Å². The van der Waals surface area contributed by atoms with Crippen LogP contribution in [0.25, 0.3) is 33.0 Å². The van der Waals surface area contributed by atoms with Gasteiger partial charge in [-0.05, 0) is 23.8 Å². The number of nitrogens with zero attached hydrogens (tertiary/aromatic N) is 1. The molecule has 5 nitrogen and oxygen atoms in total. The number of rotatable bonds is 4. The highest BCUT2D eigenvalue weighted by Gasteiger charge is 2.18. The number of benzene rings is 3. The Labute approximate surface area is 166 Å². The van der Waals surface area contributed by atoms with Gasteiger partial charge in [-0.15, -0.1) is 0 Å². The molecule has 5 aromatic rings. The summed E-state index contributed by atoms with van der Waals surface area (Å²) in [4.78, 5) is 16.1. The highest BCUT2D eigenvalue weighted by molar-refractivity contribution is 6.09.